The van der Waals surface area contributed by atoms with Crippen LogP contribution in [0.4, 0.5) is 8.78 Å². The number of aromatic nitrogens is 2. The minimum absolute atomic E-state index is 0.181. The van der Waals surface area contributed by atoms with Crippen LogP contribution in [0.15, 0.2) is 43.0 Å². The number of halogens is 2. The largest absolute Gasteiger partial charge is 0.388 e. The van der Waals surface area contributed by atoms with Gasteiger partial charge in [0.1, 0.15) is 0 Å². The molecule has 5 rings (SSSR count). The van der Waals surface area contributed by atoms with E-state index in [4.69, 9.17) is 0 Å². The van der Waals surface area contributed by atoms with Crippen molar-refractivity contribution in [3.8, 4) is 0 Å². The first-order valence-corrected chi connectivity index (χ1v) is 10.2. The van der Waals surface area contributed by atoms with E-state index < -0.39 is 17.7 Å². The molecule has 2 aromatic heterocycles. The van der Waals surface area contributed by atoms with Gasteiger partial charge in [-0.1, -0.05) is 6.07 Å². The van der Waals surface area contributed by atoms with E-state index in [1.54, 1.807) is 12.4 Å². The third-order valence-electron chi connectivity index (χ3n) is 6.61. The van der Waals surface area contributed by atoms with Crippen molar-refractivity contribution in [1.29, 1.82) is 0 Å². The second-order valence-electron chi connectivity index (χ2n) is 8.38. The molecular weight excluding hydrogens is 358 g/mol. The molecule has 0 amide bonds. The highest BCUT2D eigenvalue weighted by Gasteiger charge is 2.34. The van der Waals surface area contributed by atoms with Crippen LogP contribution in [0.3, 0.4) is 0 Å². The maximum Gasteiger partial charge on any atom is 0.159 e. The third-order valence-corrected chi connectivity index (χ3v) is 6.61. The highest BCUT2D eigenvalue weighted by atomic mass is 19.2. The van der Waals surface area contributed by atoms with Crippen molar-refractivity contribution in [1.82, 2.24) is 9.38 Å². The minimum Gasteiger partial charge on any atom is -0.388 e. The van der Waals surface area contributed by atoms with Gasteiger partial charge in [-0.25, -0.2) is 13.8 Å². The average molecular weight is 382 g/mol. The summed E-state index contributed by atoms with van der Waals surface area (Å²) in [6.07, 6.45) is 11.0. The molecule has 0 spiro atoms. The lowest BCUT2D eigenvalue weighted by molar-refractivity contribution is 0.0810. The highest BCUT2D eigenvalue weighted by Crippen LogP contribution is 2.48. The van der Waals surface area contributed by atoms with Crippen LogP contribution < -0.4 is 0 Å². The molecule has 0 bridgehead atoms. The molecule has 2 aliphatic rings. The molecule has 0 unspecified atom stereocenters. The Kier molecular flexibility index (Phi) is 4.43. The number of nitrogens with zero attached hydrogens (tertiary/aromatic N) is 2. The summed E-state index contributed by atoms with van der Waals surface area (Å²) >= 11 is 0. The summed E-state index contributed by atoms with van der Waals surface area (Å²) < 4.78 is 28.8. The molecule has 2 aliphatic carbocycles. The Bertz CT molecular complexity index is 1000. The van der Waals surface area contributed by atoms with Gasteiger partial charge >= 0.3 is 0 Å². The van der Waals surface area contributed by atoms with Crippen LogP contribution in [-0.2, 0) is 0 Å². The molecule has 0 aliphatic heterocycles. The van der Waals surface area contributed by atoms with Crippen LogP contribution in [0.25, 0.3) is 5.52 Å². The monoisotopic (exact) mass is 382 g/mol. The van der Waals surface area contributed by atoms with Crippen LogP contribution in [0.5, 0.6) is 0 Å². The standard InChI is InChI=1S/C23H24F2N2O/c24-19-8-7-17(11-20(19)25)14-1-5-16(6-2-14)23(28)22-18(15-3-4-15)9-10-27-13-26-12-21(22)27/h7-16,23,28H,1-6H2/t14-,16-,23-/m0/s1. The molecule has 3 aromatic rings. The molecule has 28 heavy (non-hydrogen) atoms. The van der Waals surface area contributed by atoms with E-state index >= 15 is 0 Å². The second-order valence-corrected chi connectivity index (χ2v) is 8.38. The van der Waals surface area contributed by atoms with Crippen LogP contribution in [0.1, 0.15) is 73.2 Å². The first-order valence-electron chi connectivity index (χ1n) is 10.2. The molecule has 1 atom stereocenters. The zero-order valence-corrected chi connectivity index (χ0v) is 15.7. The van der Waals surface area contributed by atoms with Gasteiger partial charge in [0.2, 0.25) is 0 Å². The Morgan fingerprint density at radius 3 is 2.43 bits per heavy atom. The van der Waals surface area contributed by atoms with E-state index in [1.807, 2.05) is 16.8 Å². The van der Waals surface area contributed by atoms with E-state index in [-0.39, 0.29) is 11.8 Å². The lowest BCUT2D eigenvalue weighted by Crippen LogP contribution is -2.21. The van der Waals surface area contributed by atoms with Gasteiger partial charge in [-0.05, 0) is 85.6 Å². The number of hydrogen-bond acceptors (Lipinski definition) is 2. The lowest BCUT2D eigenvalue weighted by atomic mass is 9.75. The van der Waals surface area contributed by atoms with E-state index in [9.17, 15) is 13.9 Å². The van der Waals surface area contributed by atoms with Crippen molar-refractivity contribution < 1.29 is 13.9 Å². The molecule has 5 heteroatoms. The van der Waals surface area contributed by atoms with Crippen LogP contribution in [0.2, 0.25) is 0 Å². The predicted octanol–water partition coefficient (Wildman–Crippen LogP) is 5.50. The maximum atomic E-state index is 13.6. The van der Waals surface area contributed by atoms with E-state index in [2.05, 4.69) is 11.1 Å². The third kappa shape index (κ3) is 3.12. The van der Waals surface area contributed by atoms with Gasteiger partial charge in [-0.15, -0.1) is 0 Å². The smallest absolute Gasteiger partial charge is 0.159 e. The van der Waals surface area contributed by atoms with Crippen LogP contribution >= 0.6 is 0 Å². The normalized spacial score (nSPS) is 23.8. The predicted molar refractivity (Wildman–Crippen MR) is 103 cm³/mol. The zero-order valence-electron chi connectivity index (χ0n) is 15.7. The number of aliphatic hydroxyl groups is 1. The van der Waals surface area contributed by atoms with Gasteiger partial charge in [-0.2, -0.15) is 0 Å². The van der Waals surface area contributed by atoms with Gasteiger partial charge < -0.3 is 9.51 Å². The Morgan fingerprint density at radius 2 is 1.71 bits per heavy atom. The minimum atomic E-state index is -0.797. The number of aliphatic hydroxyl groups excluding tert-OH is 1. The number of fused-ring (bicyclic) bond motifs is 1. The summed E-state index contributed by atoms with van der Waals surface area (Å²) in [5.74, 6) is -0.606. The van der Waals surface area contributed by atoms with Gasteiger partial charge in [0.05, 0.1) is 24.1 Å². The Morgan fingerprint density at radius 1 is 0.964 bits per heavy atom. The topological polar surface area (TPSA) is 37.5 Å². The van der Waals surface area contributed by atoms with Crippen molar-refractivity contribution in [2.45, 2.75) is 56.5 Å². The van der Waals surface area contributed by atoms with Gasteiger partial charge in [0.25, 0.3) is 0 Å². The summed E-state index contributed by atoms with van der Waals surface area (Å²) in [4.78, 5) is 4.26. The fourth-order valence-electron chi connectivity index (χ4n) is 4.87. The molecule has 1 N–H and O–H groups in total. The van der Waals surface area contributed by atoms with Crippen molar-refractivity contribution in [2.24, 2.45) is 5.92 Å². The first kappa shape index (κ1) is 17.8. The summed E-state index contributed by atoms with van der Waals surface area (Å²) in [6.45, 7) is 0. The van der Waals surface area contributed by atoms with E-state index in [0.717, 1.165) is 42.3 Å². The molecular formula is C23H24F2N2O. The molecule has 2 fully saturated rings. The van der Waals surface area contributed by atoms with Crippen LogP contribution in [-0.4, -0.2) is 14.5 Å². The number of pyridine rings is 1. The van der Waals surface area contributed by atoms with Gasteiger partial charge in [0, 0.05) is 11.8 Å². The zero-order chi connectivity index (χ0) is 19.3. The van der Waals surface area contributed by atoms with Crippen molar-refractivity contribution in [3.05, 3.63) is 71.3 Å². The van der Waals surface area contributed by atoms with E-state index in [1.165, 1.54) is 30.5 Å². The summed E-state index contributed by atoms with van der Waals surface area (Å²) in [5, 5.41) is 11.3. The summed E-state index contributed by atoms with van der Waals surface area (Å²) in [7, 11) is 0. The van der Waals surface area contributed by atoms with E-state index in [0.29, 0.717) is 5.92 Å². The number of benzene rings is 1. The molecule has 0 radical (unpaired) electrons. The quantitative estimate of drug-likeness (QED) is 0.647. The first-order chi connectivity index (χ1) is 13.6. The van der Waals surface area contributed by atoms with Crippen LogP contribution in [0, 0.1) is 17.6 Å². The molecule has 2 heterocycles. The fraction of sp³-hybridized carbons (Fsp3) is 0.435. The van der Waals surface area contributed by atoms with Crippen molar-refractivity contribution >= 4 is 5.52 Å². The SMILES string of the molecule is O[C@H](c1c(C2CC2)ccn2cncc12)[C@H]1CC[C@H](c2ccc(F)c(F)c2)CC1. The maximum absolute atomic E-state index is 13.6. The Balaban J connectivity index is 1.37. The summed E-state index contributed by atoms with van der Waals surface area (Å²) in [6, 6.07) is 6.37. The number of rotatable bonds is 4. The molecule has 146 valence electrons. The Labute approximate surface area is 163 Å². The highest BCUT2D eigenvalue weighted by molar-refractivity contribution is 5.59. The fourth-order valence-corrected chi connectivity index (χ4v) is 4.87. The van der Waals surface area contributed by atoms with Crippen molar-refractivity contribution in [2.75, 3.05) is 0 Å². The van der Waals surface area contributed by atoms with Gasteiger partial charge in [-0.3, -0.25) is 0 Å². The summed E-state index contributed by atoms with van der Waals surface area (Å²) in [5.41, 5.74) is 4.17. The average Bonchev–Trinajstić information content (AvgIpc) is 3.45. The Hall–Kier alpha value is -2.27. The molecule has 2 saturated carbocycles. The second kappa shape index (κ2) is 6.96. The molecule has 3 nitrogen and oxygen atoms in total. The lowest BCUT2D eigenvalue weighted by Gasteiger charge is -2.33. The van der Waals surface area contributed by atoms with Crippen molar-refractivity contribution in [3.63, 3.8) is 0 Å². The number of imidazole rings is 1. The number of hydrogen-bond donors (Lipinski definition) is 1. The molecule has 0 saturated heterocycles. The molecule has 1 aromatic carbocycles. The van der Waals surface area contributed by atoms with Gasteiger partial charge in [0.15, 0.2) is 11.6 Å².